The highest BCUT2D eigenvalue weighted by Gasteiger charge is 2.33. The number of hydrogen-bond acceptors (Lipinski definition) is 6. The number of carbonyl (C=O) groups is 2. The topological polar surface area (TPSA) is 115 Å². The summed E-state index contributed by atoms with van der Waals surface area (Å²) in [6.07, 6.45) is 1.41. The fourth-order valence-electron chi connectivity index (χ4n) is 3.21. The summed E-state index contributed by atoms with van der Waals surface area (Å²) in [5.41, 5.74) is 1.15. The van der Waals surface area contributed by atoms with E-state index in [1.165, 1.54) is 31.4 Å². The SMILES string of the molecule is COc1ccc([N+](=O)[O-])cc1-c1ccc(/C=C2\NC(=O)N(Cc3ccc(Br)cc3)C2=O)o1. The van der Waals surface area contributed by atoms with E-state index in [2.05, 4.69) is 21.2 Å². The average molecular weight is 498 g/mol. The van der Waals surface area contributed by atoms with Gasteiger partial charge in [-0.3, -0.25) is 19.8 Å². The molecule has 9 nitrogen and oxygen atoms in total. The van der Waals surface area contributed by atoms with Crippen LogP contribution in [0.4, 0.5) is 10.5 Å². The molecule has 4 rings (SSSR count). The summed E-state index contributed by atoms with van der Waals surface area (Å²) in [4.78, 5) is 36.7. The maximum atomic E-state index is 12.7. The summed E-state index contributed by atoms with van der Waals surface area (Å²) in [7, 11) is 1.45. The molecule has 1 fully saturated rings. The van der Waals surface area contributed by atoms with Crippen LogP contribution < -0.4 is 10.1 Å². The molecule has 2 aromatic carbocycles. The molecule has 0 saturated carbocycles. The molecule has 2 heterocycles. The third kappa shape index (κ3) is 4.26. The fourth-order valence-corrected chi connectivity index (χ4v) is 3.47. The molecule has 0 spiro atoms. The van der Waals surface area contributed by atoms with Gasteiger partial charge in [0, 0.05) is 22.7 Å². The highest BCUT2D eigenvalue weighted by atomic mass is 79.9. The third-order valence-corrected chi connectivity index (χ3v) is 5.32. The minimum atomic E-state index is -0.531. The number of non-ortho nitro benzene ring substituents is 1. The lowest BCUT2D eigenvalue weighted by Crippen LogP contribution is -2.30. The number of imide groups is 1. The largest absolute Gasteiger partial charge is 0.496 e. The Kier molecular flexibility index (Phi) is 5.78. The van der Waals surface area contributed by atoms with Crippen molar-refractivity contribution in [3.8, 4) is 17.1 Å². The molecule has 1 aromatic heterocycles. The molecule has 1 saturated heterocycles. The van der Waals surface area contributed by atoms with Crippen molar-refractivity contribution < 1.29 is 23.7 Å². The molecule has 0 unspecified atom stereocenters. The Bertz CT molecular complexity index is 1250. The maximum Gasteiger partial charge on any atom is 0.329 e. The first-order valence-electron chi connectivity index (χ1n) is 9.37. The lowest BCUT2D eigenvalue weighted by Gasteiger charge is -2.11. The molecule has 3 aromatic rings. The van der Waals surface area contributed by atoms with Crippen molar-refractivity contribution in [2.75, 3.05) is 7.11 Å². The van der Waals surface area contributed by atoms with E-state index in [1.807, 2.05) is 24.3 Å². The van der Waals surface area contributed by atoms with E-state index >= 15 is 0 Å². The number of nitrogens with one attached hydrogen (secondary N) is 1. The van der Waals surface area contributed by atoms with Gasteiger partial charge in [-0.2, -0.15) is 0 Å². The number of amides is 3. The molecule has 0 bridgehead atoms. The van der Waals surface area contributed by atoms with Crippen LogP contribution >= 0.6 is 15.9 Å². The van der Waals surface area contributed by atoms with Crippen LogP contribution in [-0.4, -0.2) is 28.9 Å². The van der Waals surface area contributed by atoms with Crippen LogP contribution in [0.25, 0.3) is 17.4 Å². The molecule has 3 amide bonds. The van der Waals surface area contributed by atoms with E-state index in [-0.39, 0.29) is 17.9 Å². The second kappa shape index (κ2) is 8.67. The van der Waals surface area contributed by atoms with Crippen LogP contribution in [0.1, 0.15) is 11.3 Å². The number of nitro groups is 1. The first-order chi connectivity index (χ1) is 15.4. The molecule has 10 heteroatoms. The standard InChI is InChI=1S/C22H16BrN3O6/c1-31-19-8-6-15(26(29)30)10-17(19)20-9-7-16(32-20)11-18-21(27)25(22(28)24-18)12-13-2-4-14(23)5-3-13/h2-11H,12H2,1H3,(H,24,28)/b18-11-. The van der Waals surface area contributed by atoms with Crippen molar-refractivity contribution in [3.05, 3.63) is 86.2 Å². The number of furan rings is 1. The summed E-state index contributed by atoms with van der Waals surface area (Å²) in [5, 5.41) is 13.6. The molecular weight excluding hydrogens is 482 g/mol. The number of ether oxygens (including phenoxy) is 1. The minimum absolute atomic E-state index is 0.0685. The second-order valence-electron chi connectivity index (χ2n) is 6.85. The summed E-state index contributed by atoms with van der Waals surface area (Å²) in [6.45, 7) is 0.129. The van der Waals surface area contributed by atoms with Gasteiger partial charge in [-0.25, -0.2) is 4.79 Å². The van der Waals surface area contributed by atoms with Gasteiger partial charge in [0.2, 0.25) is 0 Å². The molecule has 32 heavy (non-hydrogen) atoms. The smallest absolute Gasteiger partial charge is 0.329 e. The Hall–Kier alpha value is -3.92. The number of methoxy groups -OCH3 is 1. The molecule has 1 N–H and O–H groups in total. The number of rotatable bonds is 6. The number of nitrogens with zero attached hydrogens (tertiary/aromatic N) is 2. The van der Waals surface area contributed by atoms with Gasteiger partial charge in [0.15, 0.2) is 0 Å². The van der Waals surface area contributed by atoms with Gasteiger partial charge in [-0.1, -0.05) is 28.1 Å². The summed E-state index contributed by atoms with van der Waals surface area (Å²) in [6, 6.07) is 14.1. The molecule has 1 aliphatic rings. The predicted octanol–water partition coefficient (Wildman–Crippen LogP) is 4.72. The molecule has 0 radical (unpaired) electrons. The zero-order chi connectivity index (χ0) is 22.8. The van der Waals surface area contributed by atoms with E-state index in [4.69, 9.17) is 9.15 Å². The normalized spacial score (nSPS) is 14.7. The van der Waals surface area contributed by atoms with Gasteiger partial charge in [0.25, 0.3) is 11.6 Å². The fraction of sp³-hybridized carbons (Fsp3) is 0.0909. The summed E-state index contributed by atoms with van der Waals surface area (Å²) < 4.78 is 11.9. The minimum Gasteiger partial charge on any atom is -0.496 e. The second-order valence-corrected chi connectivity index (χ2v) is 7.77. The lowest BCUT2D eigenvalue weighted by atomic mass is 10.1. The van der Waals surface area contributed by atoms with E-state index in [1.54, 1.807) is 12.1 Å². The van der Waals surface area contributed by atoms with Crippen molar-refractivity contribution in [1.82, 2.24) is 10.2 Å². The van der Waals surface area contributed by atoms with E-state index in [0.717, 1.165) is 14.9 Å². The zero-order valence-corrected chi connectivity index (χ0v) is 18.3. The van der Waals surface area contributed by atoms with Crippen molar-refractivity contribution in [2.45, 2.75) is 6.54 Å². The Labute approximate surface area is 190 Å². The molecule has 0 atom stereocenters. The number of carbonyl (C=O) groups excluding carboxylic acids is 2. The van der Waals surface area contributed by atoms with Gasteiger partial charge in [-0.15, -0.1) is 0 Å². The number of hydrogen-bond donors (Lipinski definition) is 1. The Morgan fingerprint density at radius 1 is 1.16 bits per heavy atom. The first kappa shape index (κ1) is 21.3. The third-order valence-electron chi connectivity index (χ3n) is 4.79. The Balaban J connectivity index is 1.58. The highest BCUT2D eigenvalue weighted by molar-refractivity contribution is 9.10. The average Bonchev–Trinajstić information content (AvgIpc) is 3.35. The number of nitro benzene ring substituents is 1. The van der Waals surface area contributed by atoms with Crippen LogP contribution in [0.2, 0.25) is 0 Å². The van der Waals surface area contributed by atoms with Crippen molar-refractivity contribution in [3.63, 3.8) is 0 Å². The van der Waals surface area contributed by atoms with Crippen LogP contribution in [-0.2, 0) is 11.3 Å². The number of halogens is 1. The quantitative estimate of drug-likeness (QED) is 0.228. The molecule has 1 aliphatic heterocycles. The molecule has 162 valence electrons. The molecular formula is C22H16BrN3O6. The maximum absolute atomic E-state index is 12.7. The van der Waals surface area contributed by atoms with Crippen molar-refractivity contribution in [2.24, 2.45) is 0 Å². The van der Waals surface area contributed by atoms with Crippen molar-refractivity contribution >= 4 is 39.6 Å². The van der Waals surface area contributed by atoms with E-state index in [9.17, 15) is 19.7 Å². The monoisotopic (exact) mass is 497 g/mol. The van der Waals surface area contributed by atoms with Gasteiger partial charge in [0.05, 0.1) is 24.1 Å². The van der Waals surface area contributed by atoms with Gasteiger partial charge in [0.1, 0.15) is 23.0 Å². The van der Waals surface area contributed by atoms with Gasteiger partial charge >= 0.3 is 6.03 Å². The lowest BCUT2D eigenvalue weighted by molar-refractivity contribution is -0.384. The molecule has 0 aliphatic carbocycles. The van der Waals surface area contributed by atoms with Crippen LogP contribution in [0.3, 0.4) is 0 Å². The summed E-state index contributed by atoms with van der Waals surface area (Å²) >= 11 is 3.35. The van der Waals surface area contributed by atoms with Gasteiger partial charge < -0.3 is 14.5 Å². The highest BCUT2D eigenvalue weighted by Crippen LogP contribution is 2.35. The van der Waals surface area contributed by atoms with E-state index < -0.39 is 16.9 Å². The van der Waals surface area contributed by atoms with Crippen LogP contribution in [0.15, 0.2) is 69.2 Å². The number of urea groups is 1. The van der Waals surface area contributed by atoms with Crippen molar-refractivity contribution in [1.29, 1.82) is 0 Å². The van der Waals surface area contributed by atoms with Gasteiger partial charge in [-0.05, 0) is 35.9 Å². The predicted molar refractivity (Wildman–Crippen MR) is 119 cm³/mol. The first-order valence-corrected chi connectivity index (χ1v) is 10.2. The zero-order valence-electron chi connectivity index (χ0n) is 16.7. The summed E-state index contributed by atoms with van der Waals surface area (Å²) in [5.74, 6) is 0.530. The Morgan fingerprint density at radius 2 is 1.91 bits per heavy atom. The van der Waals surface area contributed by atoms with Crippen LogP contribution in [0, 0.1) is 10.1 Å². The Morgan fingerprint density at radius 3 is 2.59 bits per heavy atom. The number of benzene rings is 2. The van der Waals surface area contributed by atoms with E-state index in [0.29, 0.717) is 22.8 Å². The van der Waals surface area contributed by atoms with Crippen LogP contribution in [0.5, 0.6) is 5.75 Å².